The Bertz CT molecular complexity index is 838. The molecule has 168 valence electrons. The first-order valence-electron chi connectivity index (χ1n) is 10.9. The molecular formula is C24H33FN4OS. The highest BCUT2D eigenvalue weighted by molar-refractivity contribution is 7.80. The van der Waals surface area contributed by atoms with Crippen LogP contribution in [0.4, 0.5) is 10.1 Å². The summed E-state index contributed by atoms with van der Waals surface area (Å²) in [5.41, 5.74) is 8.21. The number of aliphatic hydroxyl groups excluding tert-OH is 1. The molecule has 7 heteroatoms. The first-order chi connectivity index (χ1) is 14.8. The van der Waals surface area contributed by atoms with Gasteiger partial charge in [-0.15, -0.1) is 0 Å². The van der Waals surface area contributed by atoms with Crippen molar-refractivity contribution in [1.82, 2.24) is 10.3 Å². The summed E-state index contributed by atoms with van der Waals surface area (Å²) in [5, 5.41) is 17.0. The minimum atomic E-state index is -0.582. The zero-order chi connectivity index (χ0) is 22.4. The molecule has 1 aliphatic rings. The van der Waals surface area contributed by atoms with E-state index in [1.54, 1.807) is 12.4 Å². The highest BCUT2D eigenvalue weighted by Gasteiger charge is 2.31. The van der Waals surface area contributed by atoms with Crippen molar-refractivity contribution in [3.63, 3.8) is 0 Å². The van der Waals surface area contributed by atoms with E-state index in [9.17, 15) is 9.50 Å². The van der Waals surface area contributed by atoms with E-state index in [1.165, 1.54) is 12.1 Å². The summed E-state index contributed by atoms with van der Waals surface area (Å²) in [4.78, 5) is 4.67. The summed E-state index contributed by atoms with van der Waals surface area (Å²) in [7, 11) is 0. The van der Waals surface area contributed by atoms with E-state index in [0.717, 1.165) is 36.9 Å². The summed E-state index contributed by atoms with van der Waals surface area (Å²) < 4.78 is 13.2. The summed E-state index contributed by atoms with van der Waals surface area (Å²) in [6.45, 7) is 4.84. The van der Waals surface area contributed by atoms with Crippen molar-refractivity contribution in [3.8, 4) is 0 Å². The van der Waals surface area contributed by atoms with Crippen LogP contribution in [0, 0.1) is 17.7 Å². The molecule has 2 unspecified atom stereocenters. The maximum Gasteiger partial charge on any atom is 0.127 e. The van der Waals surface area contributed by atoms with E-state index in [4.69, 9.17) is 18.0 Å². The largest absolute Gasteiger partial charge is 0.377 e. The molecule has 2 atom stereocenters. The molecule has 0 amide bonds. The van der Waals surface area contributed by atoms with Crippen molar-refractivity contribution >= 4 is 22.9 Å². The molecule has 31 heavy (non-hydrogen) atoms. The Hall–Kier alpha value is -2.09. The van der Waals surface area contributed by atoms with Gasteiger partial charge in [-0.25, -0.2) is 4.39 Å². The van der Waals surface area contributed by atoms with Crippen LogP contribution in [-0.4, -0.2) is 33.9 Å². The molecular weight excluding hydrogens is 411 g/mol. The number of aromatic nitrogens is 1. The minimum Gasteiger partial charge on any atom is -0.377 e. The number of rotatable bonds is 8. The SMILES string of the molecule is CC(C)(CNC(=S)C(N)C1CCC(C(O)Nc2ccncc2)CC1)c1ccc(F)cc1. The number of anilines is 1. The molecule has 1 saturated carbocycles. The van der Waals surface area contributed by atoms with Crippen LogP contribution in [0.2, 0.25) is 0 Å². The van der Waals surface area contributed by atoms with Crippen molar-refractivity contribution in [2.75, 3.05) is 11.9 Å². The van der Waals surface area contributed by atoms with Gasteiger partial charge in [0.15, 0.2) is 0 Å². The van der Waals surface area contributed by atoms with E-state index >= 15 is 0 Å². The zero-order valence-electron chi connectivity index (χ0n) is 18.2. The second-order valence-corrected chi connectivity index (χ2v) is 9.57. The van der Waals surface area contributed by atoms with Crippen LogP contribution in [0.25, 0.3) is 0 Å². The fourth-order valence-electron chi connectivity index (χ4n) is 4.20. The van der Waals surface area contributed by atoms with E-state index in [1.807, 2.05) is 24.3 Å². The van der Waals surface area contributed by atoms with Gasteiger partial charge in [0.05, 0.1) is 11.0 Å². The molecule has 2 aromatic rings. The number of nitrogens with one attached hydrogen (secondary N) is 2. The Kier molecular flexibility index (Phi) is 7.97. The lowest BCUT2D eigenvalue weighted by atomic mass is 9.77. The monoisotopic (exact) mass is 444 g/mol. The van der Waals surface area contributed by atoms with Gasteiger partial charge < -0.3 is 21.5 Å². The molecule has 0 aliphatic heterocycles. The lowest BCUT2D eigenvalue weighted by molar-refractivity contribution is 0.0943. The lowest BCUT2D eigenvalue weighted by Crippen LogP contribution is -2.48. The van der Waals surface area contributed by atoms with Gasteiger partial charge in [0, 0.05) is 36.0 Å². The number of benzene rings is 1. The zero-order valence-corrected chi connectivity index (χ0v) is 19.0. The standard InChI is InChI=1S/C24H33FN4OS/c1-24(2,18-7-9-19(25)10-8-18)15-28-23(31)21(26)16-3-5-17(6-4-16)22(30)29-20-11-13-27-14-12-20/h7-14,16-17,21-22,30H,3-6,15,26H2,1-2H3,(H,27,29)(H,28,31). The molecule has 1 aromatic heterocycles. The van der Waals surface area contributed by atoms with Crippen molar-refractivity contribution in [2.24, 2.45) is 17.6 Å². The Morgan fingerprint density at radius 2 is 1.71 bits per heavy atom. The van der Waals surface area contributed by atoms with Crippen LogP contribution >= 0.6 is 12.2 Å². The predicted octanol–water partition coefficient (Wildman–Crippen LogP) is 3.98. The van der Waals surface area contributed by atoms with Gasteiger partial charge in [-0.3, -0.25) is 4.98 Å². The number of nitrogens with two attached hydrogens (primary N) is 1. The smallest absolute Gasteiger partial charge is 0.127 e. The molecule has 1 aromatic carbocycles. The molecule has 0 spiro atoms. The van der Waals surface area contributed by atoms with Crippen LogP contribution in [0.15, 0.2) is 48.8 Å². The maximum atomic E-state index is 13.2. The van der Waals surface area contributed by atoms with Crippen LogP contribution < -0.4 is 16.4 Å². The number of hydrogen-bond donors (Lipinski definition) is 4. The van der Waals surface area contributed by atoms with E-state index < -0.39 is 6.23 Å². The number of hydrogen-bond acceptors (Lipinski definition) is 5. The third kappa shape index (κ3) is 6.45. The quantitative estimate of drug-likeness (QED) is 0.364. The van der Waals surface area contributed by atoms with Crippen molar-refractivity contribution in [1.29, 1.82) is 0 Å². The van der Waals surface area contributed by atoms with Crippen LogP contribution in [-0.2, 0) is 5.41 Å². The molecule has 1 heterocycles. The summed E-state index contributed by atoms with van der Waals surface area (Å²) >= 11 is 5.60. The molecule has 0 saturated heterocycles. The Morgan fingerprint density at radius 3 is 2.32 bits per heavy atom. The van der Waals surface area contributed by atoms with Crippen molar-refractivity contribution in [3.05, 3.63) is 60.2 Å². The molecule has 1 aliphatic carbocycles. The van der Waals surface area contributed by atoms with E-state index in [-0.39, 0.29) is 23.2 Å². The van der Waals surface area contributed by atoms with E-state index in [2.05, 4.69) is 29.5 Å². The third-order valence-electron chi connectivity index (χ3n) is 6.40. The average molecular weight is 445 g/mol. The Balaban J connectivity index is 1.45. The van der Waals surface area contributed by atoms with E-state index in [0.29, 0.717) is 17.5 Å². The van der Waals surface area contributed by atoms with Gasteiger partial charge in [0.25, 0.3) is 0 Å². The Labute approximate surface area is 189 Å². The first kappa shape index (κ1) is 23.6. The fourth-order valence-corrected chi connectivity index (χ4v) is 4.46. The van der Waals surface area contributed by atoms with Crippen LogP contribution in [0.1, 0.15) is 45.1 Å². The highest BCUT2D eigenvalue weighted by atomic mass is 32.1. The maximum absolute atomic E-state index is 13.2. The van der Waals surface area contributed by atoms with Crippen LogP contribution in [0.3, 0.4) is 0 Å². The molecule has 1 fully saturated rings. The number of aliphatic hydroxyl groups is 1. The normalized spacial score (nSPS) is 21.2. The third-order valence-corrected chi connectivity index (χ3v) is 6.82. The minimum absolute atomic E-state index is 0.190. The Morgan fingerprint density at radius 1 is 1.13 bits per heavy atom. The fraction of sp³-hybridized carbons (Fsp3) is 0.500. The summed E-state index contributed by atoms with van der Waals surface area (Å²) in [5.74, 6) is 0.260. The summed E-state index contributed by atoms with van der Waals surface area (Å²) in [6.07, 6.45) is 6.50. The molecule has 5 N–H and O–H groups in total. The molecule has 0 radical (unpaired) electrons. The average Bonchev–Trinajstić information content (AvgIpc) is 2.78. The number of thiocarbonyl (C=S) groups is 1. The summed E-state index contributed by atoms with van der Waals surface area (Å²) in [6, 6.07) is 10.1. The van der Waals surface area contributed by atoms with Gasteiger partial charge in [0.2, 0.25) is 0 Å². The molecule has 0 bridgehead atoms. The topological polar surface area (TPSA) is 83.2 Å². The first-order valence-corrected chi connectivity index (χ1v) is 11.3. The van der Waals surface area contributed by atoms with Gasteiger partial charge in [-0.2, -0.15) is 0 Å². The van der Waals surface area contributed by atoms with Crippen LogP contribution in [0.5, 0.6) is 0 Å². The molecule has 3 rings (SSSR count). The number of halogens is 1. The second-order valence-electron chi connectivity index (χ2n) is 9.13. The lowest BCUT2D eigenvalue weighted by Gasteiger charge is -2.35. The second kappa shape index (κ2) is 10.5. The predicted molar refractivity (Wildman–Crippen MR) is 127 cm³/mol. The van der Waals surface area contributed by atoms with Crippen molar-refractivity contribution < 1.29 is 9.50 Å². The van der Waals surface area contributed by atoms with Gasteiger partial charge in [0.1, 0.15) is 12.0 Å². The van der Waals surface area contributed by atoms with Gasteiger partial charge in [-0.1, -0.05) is 38.2 Å². The van der Waals surface area contributed by atoms with Gasteiger partial charge >= 0.3 is 0 Å². The van der Waals surface area contributed by atoms with Crippen molar-refractivity contribution in [2.45, 2.75) is 57.2 Å². The number of nitrogens with zero attached hydrogens (tertiary/aromatic N) is 1. The van der Waals surface area contributed by atoms with Gasteiger partial charge in [-0.05, 0) is 61.4 Å². The highest BCUT2D eigenvalue weighted by Crippen LogP contribution is 2.33. The number of pyridine rings is 1. The molecule has 5 nitrogen and oxygen atoms in total.